The van der Waals surface area contributed by atoms with Crippen molar-refractivity contribution in [2.24, 2.45) is 0 Å². The highest BCUT2D eigenvalue weighted by molar-refractivity contribution is 5.72. The number of para-hydroxylation sites is 1. The van der Waals surface area contributed by atoms with Gasteiger partial charge in [-0.2, -0.15) is 0 Å². The first-order valence-electron chi connectivity index (χ1n) is 19.8. The highest BCUT2D eigenvalue weighted by atomic mass is 16.5. The summed E-state index contributed by atoms with van der Waals surface area (Å²) in [6, 6.07) is 15.3. The number of aromatic hydroxyl groups is 3. The zero-order chi connectivity index (χ0) is 40.2. The fourth-order valence-electron chi connectivity index (χ4n) is 7.82. The van der Waals surface area contributed by atoms with Crippen molar-refractivity contribution >= 4 is 17.9 Å². The van der Waals surface area contributed by atoms with E-state index in [1.807, 2.05) is 18.2 Å². The van der Waals surface area contributed by atoms with E-state index >= 15 is 0 Å². The van der Waals surface area contributed by atoms with Gasteiger partial charge in [-0.25, -0.2) is 0 Å². The minimum atomic E-state index is -1.09. The first-order valence-corrected chi connectivity index (χ1v) is 19.8. The lowest BCUT2D eigenvalue weighted by molar-refractivity contribution is -0.137. The van der Waals surface area contributed by atoms with Crippen molar-refractivity contribution in [3.63, 3.8) is 0 Å². The van der Waals surface area contributed by atoms with Crippen molar-refractivity contribution < 1.29 is 49.8 Å². The summed E-state index contributed by atoms with van der Waals surface area (Å²) >= 11 is 0. The summed E-state index contributed by atoms with van der Waals surface area (Å²) in [4.78, 5) is 35.6. The Balaban J connectivity index is 1.58. The van der Waals surface area contributed by atoms with Gasteiger partial charge in [0.25, 0.3) is 0 Å². The van der Waals surface area contributed by atoms with Crippen LogP contribution in [0.5, 0.6) is 23.0 Å². The van der Waals surface area contributed by atoms with Gasteiger partial charge in [-0.15, -0.1) is 0 Å². The second kappa shape index (κ2) is 19.9. The molecule has 4 aromatic carbocycles. The molecule has 0 aromatic heterocycles. The molecule has 0 atom stereocenters. The number of rotatable bonds is 18. The van der Waals surface area contributed by atoms with Crippen molar-refractivity contribution in [3.05, 3.63) is 116 Å². The van der Waals surface area contributed by atoms with Gasteiger partial charge in [0.15, 0.2) is 0 Å². The van der Waals surface area contributed by atoms with Crippen LogP contribution in [-0.4, -0.2) is 55.2 Å². The van der Waals surface area contributed by atoms with Gasteiger partial charge in [-0.1, -0.05) is 119 Å². The van der Waals surface area contributed by atoms with Crippen LogP contribution in [0.3, 0.4) is 0 Å². The molecule has 10 nitrogen and oxygen atoms in total. The lowest BCUT2D eigenvalue weighted by Gasteiger charge is -2.21. The standard InChI is InChI=1S/C46H54O10/c1-2-3-4-5-6-7-8-9-10-11-15-56-46-32-13-12-14-33(46)26-35-17-30(23-41(49)50)19-37(44(35)54)28-39-21-31(24-42(51)52)20-38(45(39)55)27-36-18-29(22-40(47)48)16-34(25-32)43(36)53/h12-14,16-21,53-55H,2-11,15,22-28H2,1H3,(H,47,48)(H,49,50)(H,51,52). The van der Waals surface area contributed by atoms with Gasteiger partial charge in [0.1, 0.15) is 23.0 Å². The average Bonchev–Trinajstić information content (AvgIpc) is 3.12. The number of hydrogen-bond acceptors (Lipinski definition) is 7. The third-order valence-electron chi connectivity index (χ3n) is 10.5. The monoisotopic (exact) mass is 766 g/mol. The van der Waals surface area contributed by atoms with Crippen LogP contribution in [0.2, 0.25) is 0 Å². The highest BCUT2D eigenvalue weighted by Gasteiger charge is 2.23. The van der Waals surface area contributed by atoms with Crippen LogP contribution in [0.25, 0.3) is 0 Å². The molecule has 0 unspecified atom stereocenters. The Morgan fingerprint density at radius 1 is 0.482 bits per heavy atom. The Bertz CT molecular complexity index is 1910. The molecule has 0 radical (unpaired) electrons. The van der Waals surface area contributed by atoms with Gasteiger partial charge in [0, 0.05) is 25.7 Å². The van der Waals surface area contributed by atoms with E-state index in [1.54, 1.807) is 36.4 Å². The summed E-state index contributed by atoms with van der Waals surface area (Å²) in [6.07, 6.45) is 11.0. The van der Waals surface area contributed by atoms with Crippen molar-refractivity contribution in [1.29, 1.82) is 0 Å². The summed E-state index contributed by atoms with van der Waals surface area (Å²) in [7, 11) is 0. The van der Waals surface area contributed by atoms with Crippen LogP contribution in [-0.2, 0) is 59.3 Å². The number of benzene rings is 4. The Kier molecular flexibility index (Phi) is 14.8. The Morgan fingerprint density at radius 2 is 0.786 bits per heavy atom. The topological polar surface area (TPSA) is 182 Å². The summed E-state index contributed by atoms with van der Waals surface area (Å²) in [5.74, 6) is -2.91. The van der Waals surface area contributed by atoms with Crippen molar-refractivity contribution in [1.82, 2.24) is 0 Å². The molecule has 0 spiro atoms. The number of fused-ring (bicyclic) bond motifs is 8. The fourth-order valence-corrected chi connectivity index (χ4v) is 7.82. The first kappa shape index (κ1) is 41.6. The SMILES string of the molecule is CCCCCCCCCCCCOc1c2cccc1Cc1cc(CC(=O)O)cc(c1O)Cc1cc(CC(=O)O)cc(c1O)Cc1cc(CC(=O)O)cc(c1O)C2. The molecule has 0 saturated carbocycles. The van der Waals surface area contributed by atoms with Gasteiger partial charge in [0.2, 0.25) is 0 Å². The third kappa shape index (κ3) is 11.5. The van der Waals surface area contributed by atoms with E-state index in [1.165, 1.54) is 44.9 Å². The molecule has 1 aliphatic carbocycles. The molecule has 0 heterocycles. The van der Waals surface area contributed by atoms with Crippen LogP contribution in [0.1, 0.15) is 132 Å². The van der Waals surface area contributed by atoms with Crippen LogP contribution >= 0.6 is 0 Å². The molecular formula is C46H54O10. The van der Waals surface area contributed by atoms with Crippen LogP contribution < -0.4 is 4.74 Å². The number of carboxylic acid groups (broad SMARTS) is 3. The van der Waals surface area contributed by atoms with Gasteiger partial charge in [-0.3, -0.25) is 14.4 Å². The number of phenols is 3. The maximum Gasteiger partial charge on any atom is 0.307 e. The number of carbonyl (C=O) groups is 3. The molecular weight excluding hydrogens is 712 g/mol. The van der Waals surface area contributed by atoms with E-state index in [9.17, 15) is 45.0 Å². The minimum Gasteiger partial charge on any atom is -0.507 e. The van der Waals surface area contributed by atoms with Gasteiger partial charge in [-0.05, 0) is 67.6 Å². The van der Waals surface area contributed by atoms with Crippen LogP contribution in [0.4, 0.5) is 0 Å². The highest BCUT2D eigenvalue weighted by Crippen LogP contribution is 2.39. The quantitative estimate of drug-likeness (QED) is 0.0472. The lowest BCUT2D eigenvalue weighted by Crippen LogP contribution is -2.08. The molecule has 8 bridgehead atoms. The third-order valence-corrected chi connectivity index (χ3v) is 10.5. The first-order chi connectivity index (χ1) is 26.9. The number of carboxylic acids is 3. The molecule has 0 amide bonds. The van der Waals surface area contributed by atoms with E-state index in [4.69, 9.17) is 4.74 Å². The lowest BCUT2D eigenvalue weighted by atomic mass is 9.88. The molecule has 4 aromatic rings. The number of aliphatic carboxylic acids is 3. The molecule has 5 rings (SSSR count). The van der Waals surface area contributed by atoms with E-state index in [0.29, 0.717) is 62.4 Å². The molecule has 0 aliphatic heterocycles. The van der Waals surface area contributed by atoms with E-state index in [0.717, 1.165) is 30.4 Å². The summed E-state index contributed by atoms with van der Waals surface area (Å²) in [5.41, 5.74) is 5.03. The molecule has 0 fully saturated rings. The zero-order valence-corrected chi connectivity index (χ0v) is 32.2. The molecule has 10 heteroatoms. The largest absolute Gasteiger partial charge is 0.507 e. The molecule has 0 saturated heterocycles. The molecule has 298 valence electrons. The second-order valence-corrected chi connectivity index (χ2v) is 15.1. The van der Waals surface area contributed by atoms with Crippen LogP contribution in [0.15, 0.2) is 54.6 Å². The van der Waals surface area contributed by atoms with E-state index in [-0.39, 0.29) is 62.2 Å². The van der Waals surface area contributed by atoms with Crippen LogP contribution in [0, 0.1) is 0 Å². The molecule has 56 heavy (non-hydrogen) atoms. The maximum absolute atomic E-state index is 11.9. The molecule has 6 N–H and O–H groups in total. The fraction of sp³-hybridized carbons (Fsp3) is 0.413. The Labute approximate surface area is 328 Å². The van der Waals surface area contributed by atoms with Crippen molar-refractivity contribution in [3.8, 4) is 23.0 Å². The summed E-state index contributed by atoms with van der Waals surface area (Å²) in [5, 5.41) is 64.2. The van der Waals surface area contributed by atoms with E-state index in [2.05, 4.69) is 6.92 Å². The number of ether oxygens (including phenoxy) is 1. The number of hydrogen-bond donors (Lipinski definition) is 6. The van der Waals surface area contributed by atoms with Crippen molar-refractivity contribution in [2.75, 3.05) is 6.61 Å². The van der Waals surface area contributed by atoms with Gasteiger partial charge < -0.3 is 35.4 Å². The van der Waals surface area contributed by atoms with E-state index < -0.39 is 17.9 Å². The van der Waals surface area contributed by atoms with Gasteiger partial charge >= 0.3 is 17.9 Å². The second-order valence-electron chi connectivity index (χ2n) is 15.1. The minimum absolute atomic E-state index is 0.0446. The summed E-state index contributed by atoms with van der Waals surface area (Å²) in [6.45, 7) is 2.66. The normalized spacial score (nSPS) is 12.3. The molecule has 1 aliphatic rings. The Hall–Kier alpha value is -5.51. The van der Waals surface area contributed by atoms with Crippen molar-refractivity contribution in [2.45, 2.75) is 116 Å². The smallest absolute Gasteiger partial charge is 0.307 e. The number of phenolic OH excluding ortho intramolecular Hbond substituents is 3. The zero-order valence-electron chi connectivity index (χ0n) is 32.2. The Morgan fingerprint density at radius 3 is 1.11 bits per heavy atom. The van der Waals surface area contributed by atoms with Gasteiger partial charge in [0.05, 0.1) is 25.9 Å². The average molecular weight is 767 g/mol. The predicted octanol–water partition coefficient (Wildman–Crippen LogP) is 8.66. The summed E-state index contributed by atoms with van der Waals surface area (Å²) < 4.78 is 6.56. The predicted molar refractivity (Wildman–Crippen MR) is 213 cm³/mol. The number of unbranched alkanes of at least 4 members (excludes halogenated alkanes) is 9. The maximum atomic E-state index is 11.9.